The number of hydrogen-bond acceptors (Lipinski definition) is 3. The predicted octanol–water partition coefficient (Wildman–Crippen LogP) is 3.25. The first kappa shape index (κ1) is 15.6. The number of anilines is 2. The summed E-state index contributed by atoms with van der Waals surface area (Å²) in [4.78, 5) is -0.734. The van der Waals surface area contributed by atoms with E-state index in [4.69, 9.17) is 5.73 Å². The first-order chi connectivity index (χ1) is 9.70. The molecule has 0 unspecified atom stereocenters. The van der Waals surface area contributed by atoms with Gasteiger partial charge in [0.25, 0.3) is 10.0 Å². The summed E-state index contributed by atoms with van der Waals surface area (Å²) in [6.45, 7) is 0. The molecule has 0 aliphatic heterocycles. The van der Waals surface area contributed by atoms with Gasteiger partial charge >= 0.3 is 0 Å². The summed E-state index contributed by atoms with van der Waals surface area (Å²) >= 11 is 2.80. The minimum Gasteiger partial charge on any atom is -0.399 e. The predicted molar refractivity (Wildman–Crippen MR) is 75.7 cm³/mol. The number of sulfonamides is 1. The van der Waals surface area contributed by atoms with Gasteiger partial charge in [-0.15, -0.1) is 0 Å². The highest BCUT2D eigenvalue weighted by Gasteiger charge is 2.21. The van der Waals surface area contributed by atoms with Crippen LogP contribution in [0.3, 0.4) is 0 Å². The fraction of sp³-hybridized carbons (Fsp3) is 0. The lowest BCUT2D eigenvalue weighted by molar-refractivity contribution is 0.567. The van der Waals surface area contributed by atoms with Crippen LogP contribution in [0.25, 0.3) is 0 Å². The van der Waals surface area contributed by atoms with Crippen molar-refractivity contribution < 1.29 is 21.6 Å². The van der Waals surface area contributed by atoms with Crippen LogP contribution in [0.5, 0.6) is 0 Å². The second kappa shape index (κ2) is 5.57. The van der Waals surface area contributed by atoms with E-state index in [1.165, 1.54) is 6.07 Å². The van der Waals surface area contributed by atoms with Gasteiger partial charge in [-0.2, -0.15) is 0 Å². The molecule has 0 aliphatic rings. The van der Waals surface area contributed by atoms with Gasteiger partial charge in [-0.1, -0.05) is 0 Å². The van der Waals surface area contributed by atoms with Crippen LogP contribution < -0.4 is 10.5 Å². The summed E-state index contributed by atoms with van der Waals surface area (Å²) < 4.78 is 66.0. The molecule has 2 aromatic carbocycles. The quantitative estimate of drug-likeness (QED) is 0.634. The monoisotopic (exact) mass is 380 g/mol. The van der Waals surface area contributed by atoms with Crippen LogP contribution in [0, 0.1) is 17.5 Å². The zero-order valence-corrected chi connectivity index (χ0v) is 12.6. The SMILES string of the molecule is Nc1ccc(F)c(S(=O)(=O)Nc2cc(Br)c(F)cc2F)c1. The summed E-state index contributed by atoms with van der Waals surface area (Å²) in [5.74, 6) is -3.08. The molecule has 0 atom stereocenters. The largest absolute Gasteiger partial charge is 0.399 e. The highest BCUT2D eigenvalue weighted by molar-refractivity contribution is 9.10. The molecule has 0 spiro atoms. The molecule has 4 nitrogen and oxygen atoms in total. The van der Waals surface area contributed by atoms with E-state index >= 15 is 0 Å². The molecule has 0 bridgehead atoms. The first-order valence-corrected chi connectivity index (χ1v) is 7.71. The number of nitrogen functional groups attached to an aromatic ring is 1. The van der Waals surface area contributed by atoms with Gasteiger partial charge in [0.1, 0.15) is 22.3 Å². The van der Waals surface area contributed by atoms with Gasteiger partial charge in [-0.25, -0.2) is 21.6 Å². The number of benzene rings is 2. The van der Waals surface area contributed by atoms with Crippen molar-refractivity contribution in [2.75, 3.05) is 10.5 Å². The second-order valence-corrected chi connectivity index (χ2v) is 6.55. The van der Waals surface area contributed by atoms with Gasteiger partial charge < -0.3 is 5.73 Å². The summed E-state index contributed by atoms with van der Waals surface area (Å²) in [6.07, 6.45) is 0. The van der Waals surface area contributed by atoms with Crippen molar-refractivity contribution in [3.8, 4) is 0 Å². The highest BCUT2D eigenvalue weighted by atomic mass is 79.9. The number of nitrogens with two attached hydrogens (primary N) is 1. The smallest absolute Gasteiger partial charge is 0.264 e. The molecule has 2 rings (SSSR count). The molecule has 0 saturated heterocycles. The fourth-order valence-corrected chi connectivity index (χ4v) is 3.04. The minimum absolute atomic E-state index is 0.0255. The van der Waals surface area contributed by atoms with Crippen molar-refractivity contribution >= 4 is 37.3 Å². The molecule has 0 aromatic heterocycles. The van der Waals surface area contributed by atoms with Crippen LogP contribution in [0.4, 0.5) is 24.5 Å². The summed E-state index contributed by atoms with van der Waals surface area (Å²) in [5, 5.41) is 0. The van der Waals surface area contributed by atoms with Crippen LogP contribution in [0.1, 0.15) is 0 Å². The Labute approximate surface area is 127 Å². The van der Waals surface area contributed by atoms with Gasteiger partial charge in [0.15, 0.2) is 0 Å². The van der Waals surface area contributed by atoms with Gasteiger partial charge in [-0.05, 0) is 40.2 Å². The Morgan fingerprint density at radius 1 is 1.00 bits per heavy atom. The molecule has 0 fully saturated rings. The van der Waals surface area contributed by atoms with Crippen LogP contribution in [0.15, 0.2) is 39.7 Å². The third-order valence-corrected chi connectivity index (χ3v) is 4.49. The lowest BCUT2D eigenvalue weighted by atomic mass is 10.3. The maximum Gasteiger partial charge on any atom is 0.264 e. The zero-order valence-electron chi connectivity index (χ0n) is 10.2. The number of hydrogen-bond donors (Lipinski definition) is 2. The second-order valence-electron chi connectivity index (χ2n) is 4.04. The maximum absolute atomic E-state index is 13.6. The Bertz CT molecular complexity index is 812. The normalized spacial score (nSPS) is 11.4. The average Bonchev–Trinajstić information content (AvgIpc) is 2.38. The molecule has 112 valence electrons. The molecular formula is C12H8BrF3N2O2S. The summed E-state index contributed by atoms with van der Waals surface area (Å²) in [5.41, 5.74) is 4.90. The maximum atomic E-state index is 13.6. The first-order valence-electron chi connectivity index (χ1n) is 5.43. The van der Waals surface area contributed by atoms with Crippen LogP contribution >= 0.6 is 15.9 Å². The van der Waals surface area contributed by atoms with Crippen molar-refractivity contribution in [1.29, 1.82) is 0 Å². The van der Waals surface area contributed by atoms with Crippen molar-refractivity contribution in [3.63, 3.8) is 0 Å². The third-order valence-electron chi connectivity index (χ3n) is 2.50. The van der Waals surface area contributed by atoms with Crippen molar-refractivity contribution in [2.45, 2.75) is 4.90 Å². The number of nitrogens with one attached hydrogen (secondary N) is 1. The van der Waals surface area contributed by atoms with E-state index in [1.54, 1.807) is 0 Å². The molecule has 3 N–H and O–H groups in total. The van der Waals surface area contributed by atoms with Crippen LogP contribution in [-0.4, -0.2) is 8.42 Å². The Kier molecular flexibility index (Phi) is 4.15. The van der Waals surface area contributed by atoms with Gasteiger partial charge in [0.05, 0.1) is 10.2 Å². The molecule has 2 aromatic rings. The zero-order chi connectivity index (χ0) is 15.8. The van der Waals surface area contributed by atoms with E-state index in [0.717, 1.165) is 18.2 Å². The van der Waals surface area contributed by atoms with Crippen LogP contribution in [-0.2, 0) is 10.0 Å². The molecule has 0 amide bonds. The van der Waals surface area contributed by atoms with Gasteiger partial charge in [0.2, 0.25) is 0 Å². The van der Waals surface area contributed by atoms with E-state index in [9.17, 15) is 21.6 Å². The fourth-order valence-electron chi connectivity index (χ4n) is 1.53. The number of halogens is 4. The van der Waals surface area contributed by atoms with Crippen molar-refractivity contribution in [2.24, 2.45) is 0 Å². The highest BCUT2D eigenvalue weighted by Crippen LogP contribution is 2.27. The third kappa shape index (κ3) is 3.30. The van der Waals surface area contributed by atoms with Gasteiger partial charge in [-0.3, -0.25) is 4.72 Å². The molecule has 9 heteroatoms. The molecule has 0 heterocycles. The lowest BCUT2D eigenvalue weighted by Gasteiger charge is -2.11. The Morgan fingerprint density at radius 3 is 2.33 bits per heavy atom. The number of rotatable bonds is 3. The molecule has 21 heavy (non-hydrogen) atoms. The van der Waals surface area contributed by atoms with Gasteiger partial charge in [0, 0.05) is 11.8 Å². The van der Waals surface area contributed by atoms with E-state index in [-0.39, 0.29) is 10.2 Å². The van der Waals surface area contributed by atoms with Crippen molar-refractivity contribution in [3.05, 3.63) is 52.3 Å². The van der Waals surface area contributed by atoms with Crippen molar-refractivity contribution in [1.82, 2.24) is 0 Å². The van der Waals surface area contributed by atoms with Crippen LogP contribution in [0.2, 0.25) is 0 Å². The Balaban J connectivity index is 2.47. The summed E-state index contributed by atoms with van der Waals surface area (Å²) in [7, 11) is -4.41. The Hall–Kier alpha value is -1.74. The van der Waals surface area contributed by atoms with E-state index in [2.05, 4.69) is 15.9 Å². The standard InChI is InChI=1S/C12H8BrF3N2O2S/c13-7-4-11(10(16)5-9(7)15)18-21(19,20)12-3-6(17)1-2-8(12)14/h1-5,18H,17H2. The van der Waals surface area contributed by atoms with E-state index < -0.39 is 38.1 Å². The minimum atomic E-state index is -4.41. The average molecular weight is 381 g/mol. The van der Waals surface area contributed by atoms with E-state index in [1.807, 2.05) is 4.72 Å². The topological polar surface area (TPSA) is 72.2 Å². The molecular weight excluding hydrogens is 373 g/mol. The molecule has 0 radical (unpaired) electrons. The molecule has 0 saturated carbocycles. The van der Waals surface area contributed by atoms with E-state index in [0.29, 0.717) is 6.07 Å². The Morgan fingerprint density at radius 2 is 1.67 bits per heavy atom. The lowest BCUT2D eigenvalue weighted by Crippen LogP contribution is -2.16. The molecule has 0 aliphatic carbocycles. The summed E-state index contributed by atoms with van der Waals surface area (Å²) in [6, 6.07) is 4.35.